The minimum Gasteiger partial charge on any atom is -0.472 e. The van der Waals surface area contributed by atoms with Gasteiger partial charge in [0.15, 0.2) is 0 Å². The number of sulfonamides is 1. The molecule has 19 heavy (non-hydrogen) atoms. The van der Waals surface area contributed by atoms with Crippen molar-refractivity contribution in [3.8, 4) is 0 Å². The van der Waals surface area contributed by atoms with Gasteiger partial charge in [-0.2, -0.15) is 0 Å². The summed E-state index contributed by atoms with van der Waals surface area (Å²) in [5, 5.41) is 0. The van der Waals surface area contributed by atoms with Crippen molar-refractivity contribution >= 4 is 10.0 Å². The van der Waals surface area contributed by atoms with Crippen molar-refractivity contribution in [1.82, 2.24) is 4.72 Å². The molecule has 0 fully saturated rings. The van der Waals surface area contributed by atoms with Crippen LogP contribution in [0, 0.1) is 6.92 Å². The van der Waals surface area contributed by atoms with Gasteiger partial charge in [-0.1, -0.05) is 17.7 Å². The van der Waals surface area contributed by atoms with Crippen molar-refractivity contribution < 1.29 is 12.8 Å². The average Bonchev–Trinajstić information content (AvgIpc) is 2.81. The van der Waals surface area contributed by atoms with Crippen LogP contribution in [0.15, 0.2) is 52.2 Å². The molecule has 0 bridgehead atoms. The summed E-state index contributed by atoms with van der Waals surface area (Å²) < 4.78 is 31.9. The Morgan fingerprint density at radius 3 is 2.47 bits per heavy atom. The van der Waals surface area contributed by atoms with Crippen LogP contribution in [0.2, 0.25) is 0 Å². The molecule has 2 aromatic rings. The van der Waals surface area contributed by atoms with Crippen molar-refractivity contribution in [2.75, 3.05) is 0 Å². The van der Waals surface area contributed by atoms with Crippen LogP contribution in [0.3, 0.4) is 0 Å². The van der Waals surface area contributed by atoms with Gasteiger partial charge in [0.1, 0.15) is 0 Å². The molecule has 1 atom stereocenters. The lowest BCUT2D eigenvalue weighted by molar-refractivity contribution is 0.549. The van der Waals surface area contributed by atoms with Crippen LogP contribution < -0.4 is 4.72 Å². The summed E-state index contributed by atoms with van der Waals surface area (Å²) in [6.07, 6.45) is 3.80. The van der Waals surface area contributed by atoms with E-state index >= 15 is 0 Å². The van der Waals surface area contributed by atoms with Gasteiger partial charge in [0.2, 0.25) is 10.0 Å². The third-order valence-corrected chi connectivity index (χ3v) is 4.42. The predicted octanol–water partition coefficient (Wildman–Crippen LogP) is 2.50. The third kappa shape index (κ3) is 3.68. The summed E-state index contributed by atoms with van der Waals surface area (Å²) in [6, 6.07) is 8.44. The number of rotatable bonds is 5. The molecule has 0 aliphatic heterocycles. The molecular formula is C14H17NO3S. The van der Waals surface area contributed by atoms with E-state index in [0.29, 0.717) is 6.42 Å². The van der Waals surface area contributed by atoms with Crippen molar-refractivity contribution in [1.29, 1.82) is 0 Å². The van der Waals surface area contributed by atoms with Crippen LogP contribution in [0.5, 0.6) is 0 Å². The van der Waals surface area contributed by atoms with Crippen molar-refractivity contribution in [2.45, 2.75) is 31.2 Å². The second-order valence-corrected chi connectivity index (χ2v) is 6.39. The summed E-state index contributed by atoms with van der Waals surface area (Å²) in [4.78, 5) is 0.289. The molecule has 0 amide bonds. The first-order valence-corrected chi connectivity index (χ1v) is 7.56. The SMILES string of the molecule is Cc1ccc(S(=O)(=O)NC(C)Cc2ccoc2)cc1. The Morgan fingerprint density at radius 2 is 1.89 bits per heavy atom. The number of aryl methyl sites for hydroxylation is 1. The largest absolute Gasteiger partial charge is 0.472 e. The van der Waals surface area contributed by atoms with Gasteiger partial charge in [0.05, 0.1) is 17.4 Å². The van der Waals surface area contributed by atoms with E-state index in [1.807, 2.05) is 19.9 Å². The van der Waals surface area contributed by atoms with Gasteiger partial charge >= 0.3 is 0 Å². The standard InChI is InChI=1S/C14H17NO3S/c1-11-3-5-14(6-4-11)19(16,17)15-12(2)9-13-7-8-18-10-13/h3-8,10,12,15H,9H2,1-2H3. The zero-order valence-electron chi connectivity index (χ0n) is 11.0. The number of benzene rings is 1. The van der Waals surface area contributed by atoms with E-state index in [9.17, 15) is 8.42 Å². The maximum Gasteiger partial charge on any atom is 0.240 e. The maximum absolute atomic E-state index is 12.1. The Morgan fingerprint density at radius 1 is 1.21 bits per heavy atom. The fourth-order valence-electron chi connectivity index (χ4n) is 1.85. The molecule has 0 saturated heterocycles. The Balaban J connectivity index is 2.06. The fourth-order valence-corrected chi connectivity index (χ4v) is 3.10. The minimum atomic E-state index is -3.46. The molecule has 0 spiro atoms. The van der Waals surface area contributed by atoms with Gasteiger partial charge in [-0.15, -0.1) is 0 Å². The first-order valence-electron chi connectivity index (χ1n) is 6.07. The highest BCUT2D eigenvalue weighted by atomic mass is 32.2. The highest BCUT2D eigenvalue weighted by Gasteiger charge is 2.17. The smallest absolute Gasteiger partial charge is 0.240 e. The molecule has 102 valence electrons. The second-order valence-electron chi connectivity index (χ2n) is 4.67. The molecule has 0 aliphatic rings. The Kier molecular flexibility index (Phi) is 4.07. The lowest BCUT2D eigenvalue weighted by atomic mass is 10.1. The van der Waals surface area contributed by atoms with Crippen molar-refractivity contribution in [3.05, 3.63) is 54.0 Å². The molecule has 0 aliphatic carbocycles. The van der Waals surface area contributed by atoms with Crippen LogP contribution in [0.1, 0.15) is 18.1 Å². The number of hydrogen-bond donors (Lipinski definition) is 1. The summed E-state index contributed by atoms with van der Waals surface area (Å²) in [7, 11) is -3.46. The zero-order valence-corrected chi connectivity index (χ0v) is 11.8. The lowest BCUT2D eigenvalue weighted by Gasteiger charge is -2.13. The van der Waals surface area contributed by atoms with Crippen LogP contribution in [0.25, 0.3) is 0 Å². The van der Waals surface area contributed by atoms with Crippen LogP contribution in [-0.4, -0.2) is 14.5 Å². The molecule has 1 aromatic carbocycles. The van der Waals surface area contributed by atoms with Crippen LogP contribution in [0.4, 0.5) is 0 Å². The first kappa shape index (κ1) is 13.8. The van der Waals surface area contributed by atoms with Gasteiger partial charge < -0.3 is 4.42 Å². The molecular weight excluding hydrogens is 262 g/mol. The Bertz CT molecular complexity index is 615. The van der Waals surface area contributed by atoms with Crippen molar-refractivity contribution in [2.24, 2.45) is 0 Å². The molecule has 1 N–H and O–H groups in total. The van der Waals surface area contributed by atoms with Crippen LogP contribution >= 0.6 is 0 Å². The van der Waals surface area contributed by atoms with E-state index in [1.165, 1.54) is 0 Å². The van der Waals surface area contributed by atoms with E-state index in [-0.39, 0.29) is 10.9 Å². The Labute approximate surface area is 113 Å². The molecule has 0 saturated carbocycles. The van der Waals surface area contributed by atoms with Gasteiger partial charge in [-0.3, -0.25) is 0 Å². The quantitative estimate of drug-likeness (QED) is 0.914. The second kappa shape index (κ2) is 5.59. The topological polar surface area (TPSA) is 59.3 Å². The molecule has 0 radical (unpaired) electrons. The highest BCUT2D eigenvalue weighted by Crippen LogP contribution is 2.12. The van der Waals surface area contributed by atoms with E-state index in [4.69, 9.17) is 4.42 Å². The molecule has 1 aromatic heterocycles. The number of furan rings is 1. The molecule has 1 unspecified atom stereocenters. The van der Waals surface area contributed by atoms with E-state index < -0.39 is 10.0 Å². The predicted molar refractivity (Wildman–Crippen MR) is 73.4 cm³/mol. The molecule has 1 heterocycles. The van der Waals surface area contributed by atoms with E-state index in [2.05, 4.69) is 4.72 Å². The summed E-state index contributed by atoms with van der Waals surface area (Å²) >= 11 is 0. The van der Waals surface area contributed by atoms with E-state index in [0.717, 1.165) is 11.1 Å². The Hall–Kier alpha value is -1.59. The monoisotopic (exact) mass is 279 g/mol. The summed E-state index contributed by atoms with van der Waals surface area (Å²) in [5.41, 5.74) is 2.00. The van der Waals surface area contributed by atoms with Gasteiger partial charge in [0.25, 0.3) is 0 Å². The highest BCUT2D eigenvalue weighted by molar-refractivity contribution is 7.89. The summed E-state index contributed by atoms with van der Waals surface area (Å²) in [6.45, 7) is 3.75. The van der Waals surface area contributed by atoms with Crippen molar-refractivity contribution in [3.63, 3.8) is 0 Å². The molecule has 4 nitrogen and oxygen atoms in total. The van der Waals surface area contributed by atoms with Crippen LogP contribution in [-0.2, 0) is 16.4 Å². The first-order chi connectivity index (χ1) is 8.97. The zero-order chi connectivity index (χ0) is 13.9. The average molecular weight is 279 g/mol. The fraction of sp³-hybridized carbons (Fsp3) is 0.286. The number of nitrogens with one attached hydrogen (secondary N) is 1. The van der Waals surface area contributed by atoms with Gasteiger partial charge in [-0.25, -0.2) is 13.1 Å². The third-order valence-electron chi connectivity index (χ3n) is 2.81. The molecule has 2 rings (SSSR count). The van der Waals surface area contributed by atoms with E-state index in [1.54, 1.807) is 36.8 Å². The lowest BCUT2D eigenvalue weighted by Crippen LogP contribution is -2.34. The maximum atomic E-state index is 12.1. The van der Waals surface area contributed by atoms with Gasteiger partial charge in [-0.05, 0) is 44.0 Å². The van der Waals surface area contributed by atoms with Gasteiger partial charge in [0, 0.05) is 6.04 Å². The normalized spacial score (nSPS) is 13.4. The molecule has 5 heteroatoms. The number of hydrogen-bond acceptors (Lipinski definition) is 3. The summed E-state index contributed by atoms with van der Waals surface area (Å²) in [5.74, 6) is 0. The minimum absolute atomic E-state index is 0.191.